The Kier molecular flexibility index (Phi) is 6.65. The molecule has 162 valence electrons. The molecule has 0 radical (unpaired) electrons. The van der Waals surface area contributed by atoms with Crippen LogP contribution in [0.3, 0.4) is 0 Å². The molecule has 31 heavy (non-hydrogen) atoms. The minimum absolute atomic E-state index is 0.174. The molecule has 2 aromatic carbocycles. The second-order valence-corrected chi connectivity index (χ2v) is 13.5. The van der Waals surface area contributed by atoms with Gasteiger partial charge in [0, 0.05) is 12.7 Å². The van der Waals surface area contributed by atoms with Gasteiger partial charge in [-0.05, 0) is 42.0 Å². The zero-order chi connectivity index (χ0) is 22.6. The number of nitrogens with one attached hydrogen (secondary N) is 1. The van der Waals surface area contributed by atoms with Crippen molar-refractivity contribution in [1.82, 2.24) is 4.90 Å². The van der Waals surface area contributed by atoms with Gasteiger partial charge in [-0.25, -0.2) is 0 Å². The van der Waals surface area contributed by atoms with E-state index in [2.05, 4.69) is 37.1 Å². The molecule has 0 saturated heterocycles. The maximum atomic E-state index is 13.3. The first kappa shape index (κ1) is 22.4. The number of carbonyl (C=O) groups is 2. The minimum Gasteiger partial charge on any atom is -0.497 e. The molecular weight excluding hydrogens is 408 g/mol. The number of benzene rings is 2. The summed E-state index contributed by atoms with van der Waals surface area (Å²) >= 11 is 0. The van der Waals surface area contributed by atoms with Gasteiger partial charge in [-0.15, -0.1) is 0 Å². The van der Waals surface area contributed by atoms with Gasteiger partial charge in [-0.3, -0.25) is 9.59 Å². The van der Waals surface area contributed by atoms with Crippen LogP contribution >= 0.6 is 0 Å². The lowest BCUT2D eigenvalue weighted by molar-refractivity contribution is -0.120. The molecule has 0 fully saturated rings. The minimum atomic E-state index is -1.43. The highest BCUT2D eigenvalue weighted by atomic mass is 28.3. The second kappa shape index (κ2) is 9.22. The molecule has 1 heterocycles. The first-order valence-electron chi connectivity index (χ1n) is 10.1. The summed E-state index contributed by atoms with van der Waals surface area (Å²) in [6.07, 6.45) is 1.43. The van der Waals surface area contributed by atoms with Crippen molar-refractivity contribution in [3.8, 4) is 5.75 Å². The SMILES string of the molecule is COc1ccc(C(C(=O)Nc2ccc([Si](C)(C)C)cc2)N(C)C(=O)c2ccco2)cc1. The fourth-order valence-corrected chi connectivity index (χ4v) is 4.46. The molecule has 1 N–H and O–H groups in total. The van der Waals surface area contributed by atoms with Crippen LogP contribution in [0.25, 0.3) is 0 Å². The molecule has 0 spiro atoms. The maximum absolute atomic E-state index is 13.3. The van der Waals surface area contributed by atoms with Crippen LogP contribution in [0.2, 0.25) is 19.6 Å². The molecule has 3 rings (SSSR count). The van der Waals surface area contributed by atoms with Crippen LogP contribution in [-0.4, -0.2) is 38.9 Å². The van der Waals surface area contributed by atoms with E-state index in [0.29, 0.717) is 17.0 Å². The Morgan fingerprint density at radius 1 is 1.00 bits per heavy atom. The standard InChI is InChI=1S/C24H28N2O4Si/c1-26(24(28)21-7-6-16-30-21)22(17-8-12-19(29-2)13-9-17)23(27)25-18-10-14-20(15-11-18)31(3,4)5/h6-16,22H,1-5H3,(H,25,27). The Labute approximate surface area is 183 Å². The van der Waals surface area contributed by atoms with Crippen LogP contribution < -0.4 is 15.2 Å². The number of rotatable bonds is 7. The molecule has 2 amide bonds. The summed E-state index contributed by atoms with van der Waals surface area (Å²) < 4.78 is 10.5. The Bertz CT molecular complexity index is 1020. The van der Waals surface area contributed by atoms with E-state index < -0.39 is 14.1 Å². The second-order valence-electron chi connectivity index (χ2n) is 8.39. The lowest BCUT2D eigenvalue weighted by Gasteiger charge is -2.27. The average Bonchev–Trinajstić information content (AvgIpc) is 3.28. The van der Waals surface area contributed by atoms with Crippen molar-refractivity contribution in [1.29, 1.82) is 0 Å². The van der Waals surface area contributed by atoms with E-state index in [1.807, 2.05) is 12.1 Å². The van der Waals surface area contributed by atoms with E-state index in [-0.39, 0.29) is 17.6 Å². The number of amides is 2. The van der Waals surface area contributed by atoms with Gasteiger partial charge in [0.05, 0.1) is 21.4 Å². The predicted octanol–water partition coefficient (Wildman–Crippen LogP) is 4.29. The lowest BCUT2D eigenvalue weighted by Crippen LogP contribution is -2.39. The third-order valence-corrected chi connectivity index (χ3v) is 7.20. The van der Waals surface area contributed by atoms with Crippen molar-refractivity contribution in [2.24, 2.45) is 0 Å². The quantitative estimate of drug-likeness (QED) is 0.561. The Morgan fingerprint density at radius 3 is 2.16 bits per heavy atom. The molecule has 0 aliphatic heterocycles. The number of hydrogen-bond acceptors (Lipinski definition) is 4. The van der Waals surface area contributed by atoms with Crippen molar-refractivity contribution >= 4 is 30.8 Å². The van der Waals surface area contributed by atoms with Gasteiger partial charge in [0.15, 0.2) is 5.76 Å². The molecule has 1 atom stereocenters. The van der Waals surface area contributed by atoms with Gasteiger partial charge in [-0.2, -0.15) is 0 Å². The number of likely N-dealkylation sites (N-methyl/N-ethyl adjacent to an activating group) is 1. The molecule has 1 unspecified atom stereocenters. The van der Waals surface area contributed by atoms with Crippen molar-refractivity contribution < 1.29 is 18.7 Å². The first-order chi connectivity index (χ1) is 14.7. The molecular formula is C24H28N2O4Si. The van der Waals surface area contributed by atoms with E-state index in [1.54, 1.807) is 50.6 Å². The fourth-order valence-electron chi connectivity index (χ4n) is 3.29. The van der Waals surface area contributed by atoms with E-state index in [1.165, 1.54) is 16.3 Å². The fraction of sp³-hybridized carbons (Fsp3) is 0.250. The molecule has 6 nitrogen and oxygen atoms in total. The average molecular weight is 437 g/mol. The number of furan rings is 1. The Balaban J connectivity index is 1.89. The highest BCUT2D eigenvalue weighted by Gasteiger charge is 2.30. The third kappa shape index (κ3) is 5.24. The number of carbonyl (C=O) groups excluding carboxylic acids is 2. The largest absolute Gasteiger partial charge is 0.497 e. The Morgan fingerprint density at radius 2 is 1.65 bits per heavy atom. The maximum Gasteiger partial charge on any atom is 0.290 e. The van der Waals surface area contributed by atoms with Gasteiger partial charge in [-0.1, -0.05) is 49.1 Å². The molecule has 7 heteroatoms. The van der Waals surface area contributed by atoms with Gasteiger partial charge < -0.3 is 19.4 Å². The van der Waals surface area contributed by atoms with Crippen LogP contribution in [-0.2, 0) is 4.79 Å². The van der Waals surface area contributed by atoms with Crippen LogP contribution in [0.5, 0.6) is 5.75 Å². The van der Waals surface area contributed by atoms with Gasteiger partial charge in [0.2, 0.25) is 0 Å². The number of methoxy groups -OCH3 is 1. The summed E-state index contributed by atoms with van der Waals surface area (Å²) in [7, 11) is 1.74. The molecule has 3 aromatic rings. The van der Waals surface area contributed by atoms with E-state index >= 15 is 0 Å². The molecule has 0 aliphatic rings. The number of hydrogen-bond donors (Lipinski definition) is 1. The highest BCUT2D eigenvalue weighted by Crippen LogP contribution is 2.26. The van der Waals surface area contributed by atoms with E-state index in [4.69, 9.17) is 9.15 Å². The van der Waals surface area contributed by atoms with E-state index in [9.17, 15) is 9.59 Å². The van der Waals surface area contributed by atoms with Gasteiger partial charge >= 0.3 is 0 Å². The monoisotopic (exact) mass is 436 g/mol. The highest BCUT2D eigenvalue weighted by molar-refractivity contribution is 6.88. The van der Waals surface area contributed by atoms with Crippen LogP contribution in [0.4, 0.5) is 5.69 Å². The summed E-state index contributed by atoms with van der Waals surface area (Å²) in [4.78, 5) is 27.6. The van der Waals surface area contributed by atoms with Crippen molar-refractivity contribution in [3.05, 3.63) is 78.3 Å². The van der Waals surface area contributed by atoms with Gasteiger partial charge in [0.1, 0.15) is 11.8 Å². The first-order valence-corrected chi connectivity index (χ1v) is 13.6. The molecule has 1 aromatic heterocycles. The van der Waals surface area contributed by atoms with Crippen molar-refractivity contribution in [2.45, 2.75) is 25.7 Å². The zero-order valence-electron chi connectivity index (χ0n) is 18.5. The van der Waals surface area contributed by atoms with Crippen LogP contribution in [0.1, 0.15) is 22.2 Å². The van der Waals surface area contributed by atoms with Crippen LogP contribution in [0.15, 0.2) is 71.3 Å². The topological polar surface area (TPSA) is 71.8 Å². The smallest absolute Gasteiger partial charge is 0.290 e. The third-order valence-electron chi connectivity index (χ3n) is 5.14. The number of nitrogens with zero attached hydrogens (tertiary/aromatic N) is 1. The summed E-state index contributed by atoms with van der Waals surface area (Å²) in [5.74, 6) is 0.154. The molecule has 0 saturated carbocycles. The van der Waals surface area contributed by atoms with E-state index in [0.717, 1.165) is 0 Å². The normalized spacial score (nSPS) is 12.2. The number of anilines is 1. The van der Waals surface area contributed by atoms with Crippen LogP contribution in [0, 0.1) is 0 Å². The zero-order valence-corrected chi connectivity index (χ0v) is 19.5. The van der Waals surface area contributed by atoms with Crippen molar-refractivity contribution in [3.63, 3.8) is 0 Å². The molecule has 0 aliphatic carbocycles. The predicted molar refractivity (Wildman–Crippen MR) is 125 cm³/mol. The summed E-state index contributed by atoms with van der Waals surface area (Å²) in [5.41, 5.74) is 1.35. The summed E-state index contributed by atoms with van der Waals surface area (Å²) in [5, 5.41) is 4.26. The summed E-state index contributed by atoms with van der Waals surface area (Å²) in [6.45, 7) is 6.82. The van der Waals surface area contributed by atoms with Crippen molar-refractivity contribution in [2.75, 3.05) is 19.5 Å². The lowest BCUT2D eigenvalue weighted by atomic mass is 10.0. The Hall–Kier alpha value is -3.32. The van der Waals surface area contributed by atoms with Gasteiger partial charge in [0.25, 0.3) is 11.8 Å². The number of ether oxygens (including phenoxy) is 1. The molecule has 0 bridgehead atoms. The summed E-state index contributed by atoms with van der Waals surface area (Å²) in [6, 6.07) is 17.4.